The minimum Gasteiger partial charge on any atom is -0.496 e. The fourth-order valence-corrected chi connectivity index (χ4v) is 4.80. The van der Waals surface area contributed by atoms with Crippen molar-refractivity contribution < 1.29 is 9.84 Å². The third-order valence-corrected chi connectivity index (χ3v) is 6.90. The molecular formula is C22H27ClN4O2S. The molecule has 30 heavy (non-hydrogen) atoms. The highest BCUT2D eigenvalue weighted by atomic mass is 35.5. The van der Waals surface area contributed by atoms with Crippen LogP contribution in [0.2, 0.25) is 5.02 Å². The molecule has 0 bridgehead atoms. The summed E-state index contributed by atoms with van der Waals surface area (Å²) in [4.78, 5) is 10.5. The number of aliphatic hydroxyl groups is 1. The van der Waals surface area contributed by atoms with Crippen LogP contribution in [-0.2, 0) is 12.0 Å². The highest BCUT2D eigenvalue weighted by molar-refractivity contribution is 7.09. The van der Waals surface area contributed by atoms with E-state index in [1.54, 1.807) is 25.3 Å². The van der Waals surface area contributed by atoms with Gasteiger partial charge in [-0.1, -0.05) is 45.2 Å². The van der Waals surface area contributed by atoms with Crippen LogP contribution in [0.15, 0.2) is 34.4 Å². The van der Waals surface area contributed by atoms with Crippen molar-refractivity contribution in [3.8, 4) is 11.9 Å². The fraction of sp³-hybridized carbons (Fsp3) is 0.500. The summed E-state index contributed by atoms with van der Waals surface area (Å²) in [6, 6.07) is 5.13. The van der Waals surface area contributed by atoms with Gasteiger partial charge in [-0.3, -0.25) is 0 Å². The standard InChI is InChI=1S/C22H27ClN4O2S/c1-21(2,3)18-12-27(13-22(28)9-5-6-10-22)20(30-18)26-19(25-14-24)16-11-15(23)7-8-17(16)29-4/h7-8,11-12,28H,5-6,9-10,13H2,1-4H3/b25-19+,26-20-. The van der Waals surface area contributed by atoms with Crippen molar-refractivity contribution in [2.75, 3.05) is 7.11 Å². The minimum atomic E-state index is -0.731. The van der Waals surface area contributed by atoms with E-state index in [1.165, 1.54) is 11.3 Å². The molecule has 0 atom stereocenters. The second-order valence-electron chi connectivity index (χ2n) is 8.68. The lowest BCUT2D eigenvalue weighted by atomic mass is 9.95. The molecule has 1 aliphatic carbocycles. The maximum absolute atomic E-state index is 11.0. The highest BCUT2D eigenvalue weighted by Crippen LogP contribution is 2.32. The first kappa shape index (κ1) is 22.5. The summed E-state index contributed by atoms with van der Waals surface area (Å²) in [5, 5.41) is 20.7. The van der Waals surface area contributed by atoms with E-state index in [1.807, 2.05) is 10.8 Å². The Morgan fingerprint density at radius 3 is 2.67 bits per heavy atom. The van der Waals surface area contributed by atoms with Gasteiger partial charge in [0.1, 0.15) is 5.75 Å². The summed E-state index contributed by atoms with van der Waals surface area (Å²) < 4.78 is 7.41. The molecule has 2 aromatic rings. The molecule has 0 spiro atoms. The highest BCUT2D eigenvalue weighted by Gasteiger charge is 2.32. The molecule has 1 N–H and O–H groups in total. The number of aromatic nitrogens is 1. The third-order valence-electron chi connectivity index (χ3n) is 5.22. The van der Waals surface area contributed by atoms with Crippen LogP contribution < -0.4 is 9.54 Å². The van der Waals surface area contributed by atoms with Gasteiger partial charge in [-0.25, -0.2) is 0 Å². The molecule has 0 unspecified atom stereocenters. The summed E-state index contributed by atoms with van der Waals surface area (Å²) in [6.07, 6.45) is 7.51. The largest absolute Gasteiger partial charge is 0.496 e. The zero-order chi connectivity index (χ0) is 21.9. The van der Waals surface area contributed by atoms with E-state index in [-0.39, 0.29) is 11.3 Å². The molecule has 0 saturated heterocycles. The topological polar surface area (TPSA) is 82.9 Å². The average molecular weight is 447 g/mol. The zero-order valence-corrected chi connectivity index (χ0v) is 19.3. The Balaban J connectivity index is 2.16. The molecule has 1 aromatic heterocycles. The number of aliphatic imine (C=N–C) groups is 1. The number of thiazole rings is 1. The Morgan fingerprint density at radius 2 is 2.07 bits per heavy atom. The predicted molar refractivity (Wildman–Crippen MR) is 120 cm³/mol. The first-order chi connectivity index (χ1) is 14.1. The smallest absolute Gasteiger partial charge is 0.207 e. The van der Waals surface area contributed by atoms with Crippen LogP contribution in [0.3, 0.4) is 0 Å². The SMILES string of the molecule is COc1ccc(Cl)cc1C(/N=c1\sc(C(C)(C)C)cn1CC1(O)CCCC1)=N\C#N. The second kappa shape index (κ2) is 8.93. The number of halogens is 1. The average Bonchev–Trinajstić information content (AvgIpc) is 3.28. The Kier molecular flexibility index (Phi) is 6.71. The first-order valence-electron chi connectivity index (χ1n) is 9.94. The van der Waals surface area contributed by atoms with E-state index >= 15 is 0 Å². The Labute approximate surface area is 186 Å². The van der Waals surface area contributed by atoms with Gasteiger partial charge in [0.25, 0.3) is 0 Å². The van der Waals surface area contributed by atoms with E-state index in [9.17, 15) is 10.4 Å². The lowest BCUT2D eigenvalue weighted by Crippen LogP contribution is -2.34. The summed E-state index contributed by atoms with van der Waals surface area (Å²) in [5.74, 6) is 0.761. The molecule has 0 amide bonds. The van der Waals surface area contributed by atoms with E-state index in [0.717, 1.165) is 30.6 Å². The minimum absolute atomic E-state index is 0.0707. The number of nitriles is 1. The van der Waals surface area contributed by atoms with Crippen LogP contribution in [-0.4, -0.2) is 28.2 Å². The number of hydrogen-bond acceptors (Lipinski definition) is 5. The normalized spacial score (nSPS) is 17.2. The van der Waals surface area contributed by atoms with Crippen LogP contribution in [0.5, 0.6) is 5.75 Å². The van der Waals surface area contributed by atoms with Crippen molar-refractivity contribution in [2.24, 2.45) is 9.98 Å². The van der Waals surface area contributed by atoms with E-state index < -0.39 is 5.60 Å². The number of ether oxygens (including phenoxy) is 1. The van der Waals surface area contributed by atoms with E-state index in [4.69, 9.17) is 21.3 Å². The summed E-state index contributed by atoms with van der Waals surface area (Å²) >= 11 is 7.71. The lowest BCUT2D eigenvalue weighted by molar-refractivity contribution is 0.0292. The number of benzene rings is 1. The zero-order valence-electron chi connectivity index (χ0n) is 17.8. The monoisotopic (exact) mass is 446 g/mol. The Bertz CT molecular complexity index is 1050. The molecule has 160 valence electrons. The molecule has 1 aliphatic rings. The summed E-state index contributed by atoms with van der Waals surface area (Å²) in [7, 11) is 1.55. The van der Waals surface area contributed by atoms with Gasteiger partial charge in [-0.15, -0.1) is 11.3 Å². The number of methoxy groups -OCH3 is 1. The molecule has 1 saturated carbocycles. The number of hydrogen-bond donors (Lipinski definition) is 1. The molecule has 1 heterocycles. The quantitative estimate of drug-likeness (QED) is 0.421. The van der Waals surface area contributed by atoms with Crippen molar-refractivity contribution in [3.05, 3.63) is 44.7 Å². The Hall–Kier alpha value is -2.14. The van der Waals surface area contributed by atoms with Gasteiger partial charge in [0.15, 0.2) is 10.6 Å². The van der Waals surface area contributed by atoms with Crippen molar-refractivity contribution >= 4 is 28.8 Å². The van der Waals surface area contributed by atoms with Crippen molar-refractivity contribution in [1.82, 2.24) is 4.57 Å². The van der Waals surface area contributed by atoms with Gasteiger partial charge < -0.3 is 14.4 Å². The number of amidine groups is 1. The van der Waals surface area contributed by atoms with Gasteiger partial charge in [0, 0.05) is 16.1 Å². The number of rotatable bonds is 4. The second-order valence-corrected chi connectivity index (χ2v) is 10.1. The van der Waals surface area contributed by atoms with Crippen LogP contribution >= 0.6 is 22.9 Å². The summed E-state index contributed by atoms with van der Waals surface area (Å²) in [5.41, 5.74) is -0.257. The van der Waals surface area contributed by atoms with Crippen LogP contribution in [0, 0.1) is 11.5 Å². The predicted octanol–water partition coefficient (Wildman–Crippen LogP) is 4.64. The molecule has 6 nitrogen and oxygen atoms in total. The Morgan fingerprint density at radius 1 is 1.37 bits per heavy atom. The maximum Gasteiger partial charge on any atom is 0.207 e. The first-order valence-corrected chi connectivity index (χ1v) is 11.1. The summed E-state index contributed by atoms with van der Waals surface area (Å²) in [6.45, 7) is 6.88. The van der Waals surface area contributed by atoms with Crippen molar-refractivity contribution in [1.29, 1.82) is 5.26 Å². The van der Waals surface area contributed by atoms with Gasteiger partial charge >= 0.3 is 0 Å². The van der Waals surface area contributed by atoms with Crippen molar-refractivity contribution in [3.63, 3.8) is 0 Å². The van der Waals surface area contributed by atoms with Crippen LogP contribution in [0.1, 0.15) is 56.9 Å². The lowest BCUT2D eigenvalue weighted by Gasteiger charge is -2.22. The van der Waals surface area contributed by atoms with Gasteiger partial charge in [0.05, 0.1) is 24.8 Å². The van der Waals surface area contributed by atoms with Crippen molar-refractivity contribution in [2.45, 2.75) is 64.0 Å². The molecule has 0 aliphatic heterocycles. The van der Waals surface area contributed by atoms with E-state index in [0.29, 0.717) is 27.7 Å². The number of nitrogens with zero attached hydrogens (tertiary/aromatic N) is 4. The molecular weight excluding hydrogens is 420 g/mol. The van der Waals surface area contributed by atoms with Crippen LogP contribution in [0.25, 0.3) is 0 Å². The fourth-order valence-electron chi connectivity index (χ4n) is 3.57. The van der Waals surface area contributed by atoms with Gasteiger partial charge in [-0.05, 0) is 36.5 Å². The van der Waals surface area contributed by atoms with Gasteiger partial charge in [0.2, 0.25) is 6.19 Å². The molecule has 8 heteroatoms. The van der Waals surface area contributed by atoms with E-state index in [2.05, 4.69) is 32.0 Å². The maximum atomic E-state index is 11.0. The third kappa shape index (κ3) is 5.12. The molecule has 1 aromatic carbocycles. The van der Waals surface area contributed by atoms with Gasteiger partial charge in [-0.2, -0.15) is 15.2 Å². The van der Waals surface area contributed by atoms with Crippen LogP contribution in [0.4, 0.5) is 0 Å². The molecule has 1 fully saturated rings. The molecule has 3 rings (SSSR count). The molecule has 0 radical (unpaired) electrons.